The molecule has 1 aliphatic rings. The smallest absolute Gasteiger partial charge is 0.251 e. The maximum atomic E-state index is 12.3. The summed E-state index contributed by atoms with van der Waals surface area (Å²) in [6.07, 6.45) is 2.60. The second kappa shape index (κ2) is 10.9. The molecule has 0 aliphatic carbocycles. The fourth-order valence-corrected chi connectivity index (χ4v) is 4.17. The number of rotatable bonds is 8. The molecular formula is C28H31N3O2. The third-order valence-corrected chi connectivity index (χ3v) is 6.09. The molecule has 0 saturated carbocycles. The van der Waals surface area contributed by atoms with Gasteiger partial charge in [-0.25, -0.2) is 0 Å². The molecule has 0 spiro atoms. The predicted octanol–water partition coefficient (Wildman–Crippen LogP) is 4.30. The minimum atomic E-state index is -0.250. The third-order valence-electron chi connectivity index (χ3n) is 6.09. The van der Waals surface area contributed by atoms with Crippen LogP contribution in [0.15, 0.2) is 72.8 Å². The Labute approximate surface area is 195 Å². The molecule has 2 amide bonds. The van der Waals surface area contributed by atoms with E-state index < -0.39 is 0 Å². The minimum absolute atomic E-state index is 0.0555. The molecule has 0 unspecified atom stereocenters. The first-order valence-electron chi connectivity index (χ1n) is 11.6. The van der Waals surface area contributed by atoms with E-state index in [4.69, 9.17) is 0 Å². The van der Waals surface area contributed by atoms with E-state index in [1.807, 2.05) is 37.3 Å². The topological polar surface area (TPSA) is 61.4 Å². The number of hydrogen-bond donors (Lipinski definition) is 2. The van der Waals surface area contributed by atoms with Crippen molar-refractivity contribution in [3.8, 4) is 11.1 Å². The van der Waals surface area contributed by atoms with Crippen molar-refractivity contribution < 1.29 is 9.59 Å². The van der Waals surface area contributed by atoms with Gasteiger partial charge in [0.2, 0.25) is 5.91 Å². The molecule has 1 aliphatic heterocycles. The van der Waals surface area contributed by atoms with Gasteiger partial charge in [-0.3, -0.25) is 14.5 Å². The Morgan fingerprint density at radius 2 is 1.55 bits per heavy atom. The number of carbonyl (C=O) groups excluding carboxylic acids is 2. The van der Waals surface area contributed by atoms with Crippen LogP contribution in [-0.2, 0) is 17.9 Å². The molecule has 0 atom stereocenters. The van der Waals surface area contributed by atoms with E-state index in [1.165, 1.54) is 31.5 Å². The number of nitrogens with one attached hydrogen (secondary N) is 2. The van der Waals surface area contributed by atoms with Crippen LogP contribution in [0.5, 0.6) is 0 Å². The zero-order chi connectivity index (χ0) is 23.0. The summed E-state index contributed by atoms with van der Waals surface area (Å²) in [4.78, 5) is 27.0. The van der Waals surface area contributed by atoms with Gasteiger partial charge in [0, 0.05) is 18.7 Å². The largest absolute Gasteiger partial charge is 0.350 e. The molecule has 170 valence electrons. The summed E-state index contributed by atoms with van der Waals surface area (Å²) in [5.41, 5.74) is 6.25. The van der Waals surface area contributed by atoms with Crippen LogP contribution in [-0.4, -0.2) is 36.3 Å². The van der Waals surface area contributed by atoms with E-state index in [1.54, 1.807) is 12.1 Å². The van der Waals surface area contributed by atoms with E-state index in [-0.39, 0.29) is 18.4 Å². The first kappa shape index (κ1) is 22.7. The van der Waals surface area contributed by atoms with Crippen LogP contribution in [0.1, 0.15) is 39.9 Å². The minimum Gasteiger partial charge on any atom is -0.350 e. The molecule has 2 N–H and O–H groups in total. The highest BCUT2D eigenvalue weighted by molar-refractivity contribution is 5.96. The van der Waals surface area contributed by atoms with Crippen LogP contribution >= 0.6 is 0 Å². The molecule has 4 rings (SSSR count). The molecule has 33 heavy (non-hydrogen) atoms. The van der Waals surface area contributed by atoms with Crippen LogP contribution < -0.4 is 10.6 Å². The van der Waals surface area contributed by atoms with E-state index >= 15 is 0 Å². The lowest BCUT2D eigenvalue weighted by Gasteiger charge is -2.15. The maximum Gasteiger partial charge on any atom is 0.251 e. The van der Waals surface area contributed by atoms with Crippen molar-refractivity contribution in [3.63, 3.8) is 0 Å². The summed E-state index contributed by atoms with van der Waals surface area (Å²) in [6, 6.07) is 24.1. The number of carbonyl (C=O) groups is 2. The van der Waals surface area contributed by atoms with Gasteiger partial charge in [-0.15, -0.1) is 0 Å². The van der Waals surface area contributed by atoms with Crippen LogP contribution in [0, 0.1) is 6.92 Å². The average molecular weight is 442 g/mol. The SMILES string of the molecule is Cc1ccc(C(=O)NCC(=O)NCc2ccccc2-c2ccc(CN3CCCC3)cc2)cc1. The summed E-state index contributed by atoms with van der Waals surface area (Å²) >= 11 is 0. The molecule has 5 heteroatoms. The number of amides is 2. The van der Waals surface area contributed by atoms with E-state index in [0.29, 0.717) is 12.1 Å². The number of nitrogens with zero attached hydrogens (tertiary/aromatic N) is 1. The van der Waals surface area contributed by atoms with Crippen molar-refractivity contribution in [2.24, 2.45) is 0 Å². The van der Waals surface area contributed by atoms with Crippen molar-refractivity contribution in [3.05, 3.63) is 95.1 Å². The maximum absolute atomic E-state index is 12.3. The van der Waals surface area contributed by atoms with Gasteiger partial charge < -0.3 is 10.6 Å². The van der Waals surface area contributed by atoms with Crippen molar-refractivity contribution in [1.82, 2.24) is 15.5 Å². The monoisotopic (exact) mass is 441 g/mol. The Balaban J connectivity index is 1.32. The highest BCUT2D eigenvalue weighted by atomic mass is 16.2. The van der Waals surface area contributed by atoms with Crippen molar-refractivity contribution in [2.45, 2.75) is 32.9 Å². The summed E-state index contributed by atoms with van der Waals surface area (Å²) in [6.45, 7) is 5.71. The van der Waals surface area contributed by atoms with Gasteiger partial charge in [0.25, 0.3) is 5.91 Å². The molecule has 5 nitrogen and oxygen atoms in total. The number of aryl methyl sites for hydroxylation is 1. The van der Waals surface area contributed by atoms with E-state index in [2.05, 4.69) is 45.9 Å². The lowest BCUT2D eigenvalue weighted by Crippen LogP contribution is -2.36. The molecule has 1 heterocycles. The first-order valence-corrected chi connectivity index (χ1v) is 11.6. The third kappa shape index (κ3) is 6.30. The second-order valence-corrected chi connectivity index (χ2v) is 8.66. The van der Waals surface area contributed by atoms with Gasteiger partial charge in [0.05, 0.1) is 6.54 Å². The standard InChI is InChI=1S/C28H31N3O2/c1-21-8-12-24(13-9-21)28(33)30-19-27(32)29-18-25-6-2-3-7-26(25)23-14-10-22(11-15-23)20-31-16-4-5-17-31/h2-3,6-15H,4-5,16-20H2,1H3,(H,29,32)(H,30,33). The molecule has 3 aromatic rings. The normalized spacial score (nSPS) is 13.6. The van der Waals surface area contributed by atoms with Gasteiger partial charge in [-0.2, -0.15) is 0 Å². The van der Waals surface area contributed by atoms with Gasteiger partial charge in [-0.1, -0.05) is 66.2 Å². The summed E-state index contributed by atoms with van der Waals surface area (Å²) in [5, 5.41) is 5.61. The zero-order valence-corrected chi connectivity index (χ0v) is 19.1. The van der Waals surface area contributed by atoms with Crippen molar-refractivity contribution in [1.29, 1.82) is 0 Å². The highest BCUT2D eigenvalue weighted by Gasteiger charge is 2.12. The second-order valence-electron chi connectivity index (χ2n) is 8.66. The molecule has 0 radical (unpaired) electrons. The Morgan fingerprint density at radius 3 is 2.27 bits per heavy atom. The first-order chi connectivity index (χ1) is 16.1. The van der Waals surface area contributed by atoms with Crippen LogP contribution in [0.4, 0.5) is 0 Å². The fourth-order valence-electron chi connectivity index (χ4n) is 4.17. The lowest BCUT2D eigenvalue weighted by atomic mass is 9.98. The summed E-state index contributed by atoms with van der Waals surface area (Å²) in [7, 11) is 0. The van der Waals surface area contributed by atoms with Crippen molar-refractivity contribution >= 4 is 11.8 Å². The quantitative estimate of drug-likeness (QED) is 0.548. The van der Waals surface area contributed by atoms with Crippen LogP contribution in [0.25, 0.3) is 11.1 Å². The average Bonchev–Trinajstić information content (AvgIpc) is 3.35. The fraction of sp³-hybridized carbons (Fsp3) is 0.286. The number of likely N-dealkylation sites (tertiary alicyclic amines) is 1. The van der Waals surface area contributed by atoms with Gasteiger partial charge in [0.15, 0.2) is 0 Å². The summed E-state index contributed by atoms with van der Waals surface area (Å²) in [5.74, 6) is -0.467. The molecule has 1 fully saturated rings. The zero-order valence-electron chi connectivity index (χ0n) is 19.1. The van der Waals surface area contributed by atoms with Gasteiger partial charge in [-0.05, 0) is 67.2 Å². The Bertz CT molecular complexity index is 1080. The van der Waals surface area contributed by atoms with Gasteiger partial charge in [0.1, 0.15) is 0 Å². The van der Waals surface area contributed by atoms with E-state index in [0.717, 1.165) is 28.8 Å². The van der Waals surface area contributed by atoms with Crippen molar-refractivity contribution in [2.75, 3.05) is 19.6 Å². The Morgan fingerprint density at radius 1 is 0.848 bits per heavy atom. The molecule has 3 aromatic carbocycles. The van der Waals surface area contributed by atoms with Gasteiger partial charge >= 0.3 is 0 Å². The Hall–Kier alpha value is -3.44. The molecular weight excluding hydrogens is 410 g/mol. The number of hydrogen-bond acceptors (Lipinski definition) is 3. The number of benzene rings is 3. The predicted molar refractivity (Wildman–Crippen MR) is 132 cm³/mol. The molecule has 0 bridgehead atoms. The summed E-state index contributed by atoms with van der Waals surface area (Å²) < 4.78 is 0. The lowest BCUT2D eigenvalue weighted by molar-refractivity contribution is -0.120. The van der Waals surface area contributed by atoms with Crippen LogP contribution in [0.3, 0.4) is 0 Å². The Kier molecular flexibility index (Phi) is 7.53. The molecule has 0 aromatic heterocycles. The van der Waals surface area contributed by atoms with E-state index in [9.17, 15) is 9.59 Å². The highest BCUT2D eigenvalue weighted by Crippen LogP contribution is 2.25. The van der Waals surface area contributed by atoms with Crippen LogP contribution in [0.2, 0.25) is 0 Å². The molecule has 1 saturated heterocycles.